The highest BCUT2D eigenvalue weighted by Gasteiger charge is 2.35. The van der Waals surface area contributed by atoms with Crippen molar-refractivity contribution in [1.82, 2.24) is 14.9 Å². The molecule has 5 heteroatoms. The minimum absolute atomic E-state index is 0.609. The molecule has 20 heavy (non-hydrogen) atoms. The molecular weight excluding hydrogens is 316 g/mol. The minimum Gasteiger partial charge on any atom is -0.355 e. The van der Waals surface area contributed by atoms with E-state index >= 15 is 0 Å². The molecule has 1 aromatic heterocycles. The number of rotatable bonds is 2. The standard InChI is InChI=1S/C15H21BrN4/c1-19-11-4-5-12(19)9-20(7-6-11)14-8-13(16)17-15(18-14)10-2-3-10/h8,10-12H,2-7,9H2,1H3. The maximum atomic E-state index is 4.84. The van der Waals surface area contributed by atoms with Gasteiger partial charge in [0.1, 0.15) is 16.2 Å². The molecular formula is C15H21BrN4. The number of anilines is 1. The third-order valence-electron chi connectivity index (χ3n) is 5.11. The van der Waals surface area contributed by atoms with Crippen LogP contribution in [-0.2, 0) is 0 Å². The molecule has 4 rings (SSSR count). The lowest BCUT2D eigenvalue weighted by Crippen LogP contribution is -2.37. The topological polar surface area (TPSA) is 32.3 Å². The second-order valence-corrected chi connectivity index (χ2v) is 7.28. The molecule has 0 radical (unpaired) electrons. The van der Waals surface area contributed by atoms with Gasteiger partial charge in [0.15, 0.2) is 0 Å². The molecule has 4 nitrogen and oxygen atoms in total. The molecule has 1 aliphatic carbocycles. The summed E-state index contributed by atoms with van der Waals surface area (Å²) >= 11 is 3.56. The van der Waals surface area contributed by atoms with Crippen LogP contribution in [0.25, 0.3) is 0 Å². The van der Waals surface area contributed by atoms with E-state index in [0.29, 0.717) is 12.0 Å². The summed E-state index contributed by atoms with van der Waals surface area (Å²) in [5.74, 6) is 2.77. The van der Waals surface area contributed by atoms with Crippen molar-refractivity contribution in [2.24, 2.45) is 0 Å². The second kappa shape index (κ2) is 4.95. The summed E-state index contributed by atoms with van der Waals surface area (Å²) in [5.41, 5.74) is 0. The molecule has 3 heterocycles. The Hall–Kier alpha value is -0.680. The van der Waals surface area contributed by atoms with Gasteiger partial charge in [-0.05, 0) is 55.1 Å². The van der Waals surface area contributed by atoms with E-state index in [9.17, 15) is 0 Å². The van der Waals surface area contributed by atoms with Gasteiger partial charge in [0.25, 0.3) is 0 Å². The maximum absolute atomic E-state index is 4.84. The summed E-state index contributed by atoms with van der Waals surface area (Å²) in [4.78, 5) is 14.4. The van der Waals surface area contributed by atoms with Crippen LogP contribution in [0.4, 0.5) is 5.82 Å². The first-order chi connectivity index (χ1) is 9.70. The normalized spacial score (nSPS) is 30.6. The average Bonchev–Trinajstić information content (AvgIpc) is 3.18. The molecule has 2 bridgehead atoms. The fourth-order valence-electron chi connectivity index (χ4n) is 3.63. The SMILES string of the molecule is CN1C2CCC1CN(c1cc(Br)nc(C3CC3)n1)CC2. The van der Waals surface area contributed by atoms with Gasteiger partial charge in [-0.15, -0.1) is 0 Å². The molecule has 0 amide bonds. The Kier molecular flexibility index (Phi) is 3.22. The van der Waals surface area contributed by atoms with E-state index in [4.69, 9.17) is 4.98 Å². The Morgan fingerprint density at radius 1 is 1.10 bits per heavy atom. The number of hydrogen-bond acceptors (Lipinski definition) is 4. The summed E-state index contributed by atoms with van der Waals surface area (Å²) in [6.07, 6.45) is 6.47. The Labute approximate surface area is 128 Å². The van der Waals surface area contributed by atoms with Crippen LogP contribution in [0.5, 0.6) is 0 Å². The van der Waals surface area contributed by atoms with Gasteiger partial charge in [-0.1, -0.05) is 0 Å². The van der Waals surface area contributed by atoms with Gasteiger partial charge in [-0.2, -0.15) is 0 Å². The number of likely N-dealkylation sites (N-methyl/N-ethyl adjacent to an activating group) is 1. The van der Waals surface area contributed by atoms with Crippen molar-refractivity contribution in [1.29, 1.82) is 0 Å². The summed E-state index contributed by atoms with van der Waals surface area (Å²) in [5, 5.41) is 0. The van der Waals surface area contributed by atoms with Crippen molar-refractivity contribution in [2.45, 2.75) is 50.1 Å². The molecule has 0 spiro atoms. The smallest absolute Gasteiger partial charge is 0.135 e. The van der Waals surface area contributed by atoms with Crippen LogP contribution in [0.1, 0.15) is 43.8 Å². The Balaban J connectivity index is 1.60. The van der Waals surface area contributed by atoms with Crippen molar-refractivity contribution in [3.8, 4) is 0 Å². The lowest BCUT2D eigenvalue weighted by atomic mass is 10.1. The zero-order valence-electron chi connectivity index (χ0n) is 11.9. The molecule has 2 unspecified atom stereocenters. The summed E-state index contributed by atoms with van der Waals surface area (Å²) < 4.78 is 0.937. The molecule has 1 saturated carbocycles. The quantitative estimate of drug-likeness (QED) is 0.777. The summed E-state index contributed by atoms with van der Waals surface area (Å²) in [6.45, 7) is 2.24. The Bertz CT molecular complexity index is 517. The highest BCUT2D eigenvalue weighted by molar-refractivity contribution is 9.10. The van der Waals surface area contributed by atoms with Crippen molar-refractivity contribution in [2.75, 3.05) is 25.0 Å². The van der Waals surface area contributed by atoms with Gasteiger partial charge in [0.2, 0.25) is 0 Å². The van der Waals surface area contributed by atoms with E-state index < -0.39 is 0 Å². The van der Waals surface area contributed by atoms with Crippen molar-refractivity contribution >= 4 is 21.7 Å². The van der Waals surface area contributed by atoms with Crippen LogP contribution >= 0.6 is 15.9 Å². The van der Waals surface area contributed by atoms with Gasteiger partial charge in [0, 0.05) is 37.2 Å². The van der Waals surface area contributed by atoms with Gasteiger partial charge in [-0.25, -0.2) is 9.97 Å². The van der Waals surface area contributed by atoms with E-state index in [0.717, 1.165) is 35.4 Å². The number of halogens is 1. The Morgan fingerprint density at radius 3 is 2.70 bits per heavy atom. The number of nitrogens with zero attached hydrogens (tertiary/aromatic N) is 4. The van der Waals surface area contributed by atoms with Crippen LogP contribution < -0.4 is 4.90 Å². The molecule has 2 saturated heterocycles. The highest BCUT2D eigenvalue weighted by atomic mass is 79.9. The zero-order chi connectivity index (χ0) is 13.7. The fourth-order valence-corrected chi connectivity index (χ4v) is 4.01. The lowest BCUT2D eigenvalue weighted by molar-refractivity contribution is 0.254. The molecule has 3 aliphatic rings. The third-order valence-corrected chi connectivity index (χ3v) is 5.52. The Morgan fingerprint density at radius 2 is 1.90 bits per heavy atom. The predicted molar refractivity (Wildman–Crippen MR) is 83.1 cm³/mol. The van der Waals surface area contributed by atoms with E-state index in [-0.39, 0.29) is 0 Å². The van der Waals surface area contributed by atoms with E-state index in [1.54, 1.807) is 0 Å². The largest absolute Gasteiger partial charge is 0.355 e. The molecule has 0 N–H and O–H groups in total. The first-order valence-electron chi connectivity index (χ1n) is 7.72. The maximum Gasteiger partial charge on any atom is 0.135 e. The summed E-state index contributed by atoms with van der Waals surface area (Å²) in [6, 6.07) is 3.56. The number of fused-ring (bicyclic) bond motifs is 2. The van der Waals surface area contributed by atoms with Gasteiger partial charge < -0.3 is 4.90 Å². The number of aromatic nitrogens is 2. The van der Waals surface area contributed by atoms with Gasteiger partial charge in [0.05, 0.1) is 0 Å². The number of hydrogen-bond donors (Lipinski definition) is 0. The molecule has 3 fully saturated rings. The van der Waals surface area contributed by atoms with Crippen LogP contribution in [0, 0.1) is 0 Å². The van der Waals surface area contributed by atoms with Crippen molar-refractivity contribution in [3.05, 3.63) is 16.5 Å². The van der Waals surface area contributed by atoms with Crippen LogP contribution in [0.2, 0.25) is 0 Å². The van der Waals surface area contributed by atoms with Crippen molar-refractivity contribution in [3.63, 3.8) is 0 Å². The third kappa shape index (κ3) is 2.35. The average molecular weight is 337 g/mol. The van der Waals surface area contributed by atoms with E-state index in [2.05, 4.69) is 43.8 Å². The van der Waals surface area contributed by atoms with E-state index in [1.807, 2.05) is 0 Å². The van der Waals surface area contributed by atoms with Crippen LogP contribution in [0.15, 0.2) is 10.7 Å². The molecule has 108 valence electrons. The minimum atomic E-state index is 0.609. The van der Waals surface area contributed by atoms with Crippen LogP contribution in [0.3, 0.4) is 0 Å². The summed E-state index contributed by atoms with van der Waals surface area (Å²) in [7, 11) is 2.29. The van der Waals surface area contributed by atoms with Gasteiger partial charge >= 0.3 is 0 Å². The predicted octanol–water partition coefficient (Wildman–Crippen LogP) is 2.79. The molecule has 0 aromatic carbocycles. The van der Waals surface area contributed by atoms with Crippen LogP contribution in [-0.4, -0.2) is 47.1 Å². The lowest BCUT2D eigenvalue weighted by Gasteiger charge is -2.27. The first kappa shape index (κ1) is 13.0. The second-order valence-electron chi connectivity index (χ2n) is 6.47. The van der Waals surface area contributed by atoms with E-state index in [1.165, 1.54) is 32.1 Å². The van der Waals surface area contributed by atoms with Gasteiger partial charge in [-0.3, -0.25) is 4.90 Å². The monoisotopic (exact) mass is 336 g/mol. The molecule has 2 atom stereocenters. The highest BCUT2D eigenvalue weighted by Crippen LogP contribution is 2.39. The van der Waals surface area contributed by atoms with Crippen molar-refractivity contribution < 1.29 is 0 Å². The first-order valence-corrected chi connectivity index (χ1v) is 8.51. The zero-order valence-corrected chi connectivity index (χ0v) is 13.5. The molecule has 1 aromatic rings. The molecule has 2 aliphatic heterocycles. The fraction of sp³-hybridized carbons (Fsp3) is 0.733.